The molecule has 0 heterocycles. The maximum Gasteiger partial charge on any atom is 0.409 e. The number of nitrogens with one attached hydrogen (secondary N) is 1. The molecule has 0 rings (SSSR count). The van der Waals surface area contributed by atoms with Gasteiger partial charge >= 0.3 is 47.9 Å². The smallest absolute Gasteiger partial charge is 0.409 e. The van der Waals surface area contributed by atoms with Gasteiger partial charge in [-0.05, 0) is 38.5 Å². The highest BCUT2D eigenvalue weighted by atomic mass is 16.6. The summed E-state index contributed by atoms with van der Waals surface area (Å²) in [6, 6.07) is -1.48. The Morgan fingerprint density at radius 1 is 0.310 bits per heavy atom. The van der Waals surface area contributed by atoms with E-state index < -0.39 is 86.6 Å². The largest absolute Gasteiger partial charge is 0.480 e. The van der Waals surface area contributed by atoms with E-state index in [0.29, 0.717) is 13.0 Å². The molecule has 0 aliphatic rings. The van der Waals surface area contributed by atoms with Gasteiger partial charge in [0.2, 0.25) is 5.91 Å². The van der Waals surface area contributed by atoms with Gasteiger partial charge in [0.05, 0.1) is 44.4 Å². The average Bonchev–Trinajstić information content (AvgIpc) is 0.869. The van der Waals surface area contributed by atoms with E-state index in [0.717, 1.165) is 145 Å². The maximum atomic E-state index is 14.6. The lowest BCUT2D eigenvalue weighted by Crippen LogP contribution is -2.51. The maximum absolute atomic E-state index is 14.6. The number of carbonyl (C=O) groups is 9. The molecule has 113 heavy (non-hydrogen) atoms. The molecule has 0 aromatic heterocycles. The molecule has 0 aromatic rings. The number of ether oxygens (including phenoxy) is 3. The number of hydrogen-bond donors (Lipinski definition) is 6. The van der Waals surface area contributed by atoms with Crippen molar-refractivity contribution in [3.63, 3.8) is 0 Å². The predicted molar refractivity (Wildman–Crippen MR) is 456 cm³/mol. The molecule has 2 unspecified atom stereocenters. The summed E-state index contributed by atoms with van der Waals surface area (Å²) in [7, 11) is 1.71. The van der Waals surface area contributed by atoms with Crippen molar-refractivity contribution in [3.05, 3.63) is 0 Å². The Morgan fingerprint density at radius 3 is 0.867 bits per heavy atom. The topological polar surface area (TPSA) is 307 Å². The van der Waals surface area contributed by atoms with Crippen LogP contribution in [0.3, 0.4) is 0 Å². The van der Waals surface area contributed by atoms with Crippen LogP contribution >= 0.6 is 0 Å². The highest BCUT2D eigenvalue weighted by Gasteiger charge is 2.31. The number of amides is 2. The van der Waals surface area contributed by atoms with Crippen LogP contribution in [0.25, 0.3) is 0 Å². The van der Waals surface area contributed by atoms with Crippen molar-refractivity contribution in [2.45, 2.75) is 432 Å². The SMILES string of the molecule is CCCCCCCCCCCCCCC(CCCCCCCCCCCCCC)C(=O)OCC(COC(=O)N(C)CCCCCCCCCCNC(=O)CC(C(=O)O)N(CCN(CC(=O)O)CC(=O)O)CCN(CC(=O)O)CC(=O)O)OC(=O)C(CCCCCCCCCCCCCC)CCCCCCCCCCCCCC. The van der Waals surface area contributed by atoms with E-state index in [1.165, 1.54) is 249 Å². The fourth-order valence-electron chi connectivity index (χ4n) is 15.3. The number of carbonyl (C=O) groups excluding carboxylic acids is 4. The fraction of sp³-hybridized carbons (Fsp3) is 0.901. The molecule has 0 bridgehead atoms. The molecule has 0 radical (unpaired) electrons. The van der Waals surface area contributed by atoms with E-state index in [1.54, 1.807) is 11.9 Å². The number of unbranched alkanes of at least 4 members (excludes halogenated alkanes) is 51. The summed E-state index contributed by atoms with van der Waals surface area (Å²) in [5.74, 6) is -8.30. The number of rotatable bonds is 88. The van der Waals surface area contributed by atoms with Crippen molar-refractivity contribution in [3.8, 4) is 0 Å². The zero-order valence-electron chi connectivity index (χ0n) is 72.9. The normalized spacial score (nSPS) is 12.2. The lowest BCUT2D eigenvalue weighted by atomic mass is 9.94. The van der Waals surface area contributed by atoms with Crippen molar-refractivity contribution in [1.82, 2.24) is 24.9 Å². The number of nitrogens with zero attached hydrogens (tertiary/aromatic N) is 4. The predicted octanol–water partition coefficient (Wildman–Crippen LogP) is 21.4. The minimum atomic E-state index is -1.48. The number of aliphatic carboxylic acids is 5. The second-order valence-corrected chi connectivity index (χ2v) is 33.1. The second-order valence-electron chi connectivity index (χ2n) is 33.1. The highest BCUT2D eigenvalue weighted by Crippen LogP contribution is 2.26. The molecule has 22 heteroatoms. The molecule has 0 aliphatic carbocycles. The van der Waals surface area contributed by atoms with Gasteiger partial charge in [0.15, 0.2) is 6.10 Å². The highest BCUT2D eigenvalue weighted by molar-refractivity contribution is 5.84. The number of carboxylic acids is 5. The quantitative estimate of drug-likeness (QED) is 0.0187. The molecule has 22 nitrogen and oxygen atoms in total. The van der Waals surface area contributed by atoms with Gasteiger partial charge in [0.1, 0.15) is 19.3 Å². The third-order valence-corrected chi connectivity index (χ3v) is 22.4. The van der Waals surface area contributed by atoms with Crippen LogP contribution in [0.5, 0.6) is 0 Å². The zero-order valence-corrected chi connectivity index (χ0v) is 72.9. The molecular weight excluding hydrogens is 1440 g/mol. The third kappa shape index (κ3) is 70.8. The van der Waals surface area contributed by atoms with Gasteiger partial charge in [-0.2, -0.15) is 0 Å². The van der Waals surface area contributed by atoms with Crippen molar-refractivity contribution in [2.75, 3.05) is 85.7 Å². The third-order valence-electron chi connectivity index (χ3n) is 22.4. The van der Waals surface area contributed by atoms with Crippen LogP contribution < -0.4 is 5.32 Å². The van der Waals surface area contributed by atoms with Gasteiger partial charge in [-0.1, -0.05) is 374 Å². The summed E-state index contributed by atoms with van der Waals surface area (Å²) in [5, 5.41) is 50.5. The zero-order chi connectivity index (χ0) is 83.3. The Labute approximate surface area is 687 Å². The lowest BCUT2D eigenvalue weighted by molar-refractivity contribution is -0.167. The van der Waals surface area contributed by atoms with Gasteiger partial charge in [-0.25, -0.2) is 4.79 Å². The summed E-state index contributed by atoms with van der Waals surface area (Å²) in [5.41, 5.74) is 0. The van der Waals surface area contributed by atoms with Crippen LogP contribution in [-0.2, 0) is 52.6 Å². The van der Waals surface area contributed by atoms with Crippen LogP contribution in [0.2, 0.25) is 0 Å². The Balaban J connectivity index is 6.09. The van der Waals surface area contributed by atoms with Gasteiger partial charge in [0.25, 0.3) is 0 Å². The first-order valence-corrected chi connectivity index (χ1v) is 46.6. The minimum Gasteiger partial charge on any atom is -0.480 e. The van der Waals surface area contributed by atoms with Crippen molar-refractivity contribution < 1.29 is 82.9 Å². The van der Waals surface area contributed by atoms with Crippen LogP contribution in [0.1, 0.15) is 419 Å². The first-order valence-electron chi connectivity index (χ1n) is 46.6. The van der Waals surface area contributed by atoms with Crippen LogP contribution in [-0.4, -0.2) is 197 Å². The van der Waals surface area contributed by atoms with Gasteiger partial charge in [0, 0.05) is 46.3 Å². The Hall–Kier alpha value is -5.09. The second kappa shape index (κ2) is 79.4. The number of hydrogen-bond acceptors (Lipinski definition) is 15. The minimum absolute atomic E-state index is 0.169. The Bertz CT molecular complexity index is 2190. The number of carboxylic acid groups (broad SMARTS) is 5. The fourth-order valence-corrected chi connectivity index (χ4v) is 15.3. The summed E-state index contributed by atoms with van der Waals surface area (Å²) in [6.07, 6.45) is 67.4. The van der Waals surface area contributed by atoms with Crippen molar-refractivity contribution in [2.24, 2.45) is 11.8 Å². The molecule has 0 saturated heterocycles. The lowest BCUT2D eigenvalue weighted by Gasteiger charge is -2.32. The van der Waals surface area contributed by atoms with E-state index >= 15 is 0 Å². The summed E-state index contributed by atoms with van der Waals surface area (Å²) >= 11 is 0. The summed E-state index contributed by atoms with van der Waals surface area (Å²) < 4.78 is 18.6. The molecule has 0 aromatic carbocycles. The van der Waals surface area contributed by atoms with E-state index in [2.05, 4.69) is 33.0 Å². The van der Waals surface area contributed by atoms with E-state index in [4.69, 9.17) is 14.2 Å². The van der Waals surface area contributed by atoms with E-state index in [-0.39, 0.29) is 69.7 Å². The monoisotopic (exact) mass is 1610 g/mol. The van der Waals surface area contributed by atoms with Gasteiger partial charge < -0.3 is 50.0 Å². The summed E-state index contributed by atoms with van der Waals surface area (Å²) in [6.45, 7) is 5.85. The van der Waals surface area contributed by atoms with Crippen LogP contribution in [0.4, 0.5) is 4.79 Å². The molecule has 6 N–H and O–H groups in total. The first kappa shape index (κ1) is 108. The molecular formula is C91H171N5O17. The van der Waals surface area contributed by atoms with Gasteiger partial charge in [-0.15, -0.1) is 0 Å². The molecule has 662 valence electrons. The average molecular weight is 1610 g/mol. The van der Waals surface area contributed by atoms with Crippen LogP contribution in [0, 0.1) is 11.8 Å². The van der Waals surface area contributed by atoms with E-state index in [1.807, 2.05) is 0 Å². The molecule has 0 saturated carbocycles. The first-order chi connectivity index (χ1) is 54.8. The molecule has 2 atom stereocenters. The standard InChI is InChI=1S/C91H171N5O17/c1-6-10-14-18-22-26-30-34-38-44-50-56-62-79(63-57-51-45-39-35-31-27-23-19-15-11-7-2)89(108)111-77-81(113-90(109)80(64-58-52-46-40-36-32-28-24-20-16-12-8-3)65-59-53-47-41-37-33-29-25-21-17-13-9-4)78-112-91(110)93(5)67-61-55-49-43-42-48-54-60-66-92-83(97)72-82(88(106)107)96(70-68-94(73-84(98)99)74-85(100)101)71-69-95(75-86(102)103)76-87(104)105/h79-82H,6-78H2,1-5H3,(H,92,97)(H,98,99)(H,100,101)(H,102,103)(H,104,105)(H,106,107). The summed E-state index contributed by atoms with van der Waals surface area (Å²) in [4.78, 5) is 120. The van der Waals surface area contributed by atoms with E-state index in [9.17, 15) is 68.7 Å². The van der Waals surface area contributed by atoms with Crippen molar-refractivity contribution in [1.29, 1.82) is 0 Å². The Morgan fingerprint density at radius 2 is 0.575 bits per heavy atom. The molecule has 0 spiro atoms. The Kier molecular flexibility index (Phi) is 75.8. The van der Waals surface area contributed by atoms with Crippen molar-refractivity contribution >= 4 is 53.8 Å². The molecule has 0 aliphatic heterocycles. The van der Waals surface area contributed by atoms with Gasteiger partial charge in [-0.3, -0.25) is 53.1 Å². The number of esters is 2. The molecule has 2 amide bonds. The molecule has 0 fully saturated rings. The van der Waals surface area contributed by atoms with Crippen LogP contribution in [0.15, 0.2) is 0 Å².